The minimum atomic E-state index is -0.499. The Balaban J connectivity index is 1.96. The maximum atomic E-state index is 12.9. The topological polar surface area (TPSA) is 110 Å². The number of hydrogen-bond acceptors (Lipinski definition) is 6. The number of para-hydroxylation sites is 1. The van der Waals surface area contributed by atoms with Crippen LogP contribution in [0, 0.1) is 19.3 Å². The van der Waals surface area contributed by atoms with Gasteiger partial charge >= 0.3 is 0 Å². The lowest BCUT2D eigenvalue weighted by Gasteiger charge is -2.20. The molecule has 0 atom stereocenters. The van der Waals surface area contributed by atoms with E-state index >= 15 is 0 Å². The highest BCUT2D eigenvalue weighted by Crippen LogP contribution is 2.38. The largest absolute Gasteiger partial charge is 0.508 e. The van der Waals surface area contributed by atoms with E-state index < -0.39 is 6.61 Å². The summed E-state index contributed by atoms with van der Waals surface area (Å²) in [5, 5.41) is 27.8. The second-order valence-corrected chi connectivity index (χ2v) is 7.03. The van der Waals surface area contributed by atoms with Crippen LogP contribution in [-0.4, -0.2) is 38.4 Å². The lowest BCUT2D eigenvalue weighted by atomic mass is 10.1. The van der Waals surface area contributed by atoms with E-state index in [1.54, 1.807) is 25.1 Å². The fourth-order valence-electron chi connectivity index (χ4n) is 3.43. The first-order valence-electron chi connectivity index (χ1n) is 9.19. The molecule has 4 rings (SSSR count). The third-order valence-electron chi connectivity index (χ3n) is 5.04. The second-order valence-electron chi connectivity index (χ2n) is 7.03. The van der Waals surface area contributed by atoms with Crippen molar-refractivity contribution in [1.29, 1.82) is 5.41 Å². The average Bonchev–Trinajstić information content (AvgIpc) is 3.04. The Hall–Kier alpha value is -3.58. The first-order valence-corrected chi connectivity index (χ1v) is 9.19. The van der Waals surface area contributed by atoms with Gasteiger partial charge in [-0.05, 0) is 37.1 Å². The summed E-state index contributed by atoms with van der Waals surface area (Å²) in [5.41, 5.74) is 3.60. The predicted molar refractivity (Wildman–Crippen MR) is 110 cm³/mol. The third kappa shape index (κ3) is 3.15. The van der Waals surface area contributed by atoms with E-state index in [0.29, 0.717) is 22.6 Å². The van der Waals surface area contributed by atoms with Crippen LogP contribution in [0.2, 0.25) is 0 Å². The number of hydrogen-bond donors (Lipinski definition) is 3. The zero-order chi connectivity index (χ0) is 20.7. The van der Waals surface area contributed by atoms with Crippen molar-refractivity contribution >= 4 is 23.1 Å². The molecule has 7 nitrogen and oxygen atoms in total. The number of aliphatic hydroxyl groups excluding tert-OH is 1. The highest BCUT2D eigenvalue weighted by atomic mass is 16.3. The SMILES string of the molecule is Cc1ccc(-c2nc(C(=N)CO)c3c(n2)N(c2ccccc2C)C(=O)C3)cc1O. The van der Waals surface area contributed by atoms with Gasteiger partial charge < -0.3 is 15.6 Å². The van der Waals surface area contributed by atoms with Gasteiger partial charge in [-0.15, -0.1) is 0 Å². The van der Waals surface area contributed by atoms with Gasteiger partial charge in [0.05, 0.1) is 30.1 Å². The van der Waals surface area contributed by atoms with Crippen LogP contribution in [-0.2, 0) is 11.2 Å². The molecule has 2 heterocycles. The van der Waals surface area contributed by atoms with E-state index in [2.05, 4.69) is 9.97 Å². The van der Waals surface area contributed by atoms with Gasteiger partial charge in [-0.2, -0.15) is 0 Å². The fourth-order valence-corrected chi connectivity index (χ4v) is 3.43. The van der Waals surface area contributed by atoms with Crippen LogP contribution in [0.1, 0.15) is 22.4 Å². The summed E-state index contributed by atoms with van der Waals surface area (Å²) in [6, 6.07) is 12.6. The molecule has 3 N–H and O–H groups in total. The molecule has 0 unspecified atom stereocenters. The number of amides is 1. The van der Waals surface area contributed by atoms with Crippen molar-refractivity contribution in [3.05, 3.63) is 64.8 Å². The molecule has 0 fully saturated rings. The van der Waals surface area contributed by atoms with Crippen molar-refractivity contribution in [3.8, 4) is 17.1 Å². The summed E-state index contributed by atoms with van der Waals surface area (Å²) in [6.07, 6.45) is 0.0564. The number of nitrogens with zero attached hydrogens (tertiary/aromatic N) is 3. The summed E-state index contributed by atoms with van der Waals surface area (Å²) in [5.74, 6) is 0.625. The van der Waals surface area contributed by atoms with Crippen molar-refractivity contribution in [2.75, 3.05) is 11.5 Å². The Morgan fingerprint density at radius 2 is 1.90 bits per heavy atom. The number of nitrogens with one attached hydrogen (secondary N) is 1. The lowest BCUT2D eigenvalue weighted by Crippen LogP contribution is -2.22. The van der Waals surface area contributed by atoms with Crippen LogP contribution in [0.25, 0.3) is 11.4 Å². The van der Waals surface area contributed by atoms with Gasteiger partial charge in [0.1, 0.15) is 11.6 Å². The number of phenols is 1. The molecule has 7 heteroatoms. The maximum absolute atomic E-state index is 12.9. The molecule has 0 spiro atoms. The zero-order valence-corrected chi connectivity index (χ0v) is 16.1. The van der Waals surface area contributed by atoms with Gasteiger partial charge in [-0.3, -0.25) is 9.69 Å². The maximum Gasteiger partial charge on any atom is 0.237 e. The summed E-state index contributed by atoms with van der Waals surface area (Å²) < 4.78 is 0. The van der Waals surface area contributed by atoms with Crippen LogP contribution in [0.4, 0.5) is 11.5 Å². The number of aromatic nitrogens is 2. The molecule has 3 aromatic rings. The molecule has 2 aromatic carbocycles. The van der Waals surface area contributed by atoms with E-state index in [4.69, 9.17) is 5.41 Å². The Kier molecular flexibility index (Phi) is 4.60. The monoisotopic (exact) mass is 388 g/mol. The summed E-state index contributed by atoms with van der Waals surface area (Å²) >= 11 is 0. The van der Waals surface area contributed by atoms with Gasteiger partial charge in [0, 0.05) is 11.1 Å². The van der Waals surface area contributed by atoms with Crippen molar-refractivity contribution in [2.24, 2.45) is 0 Å². The number of benzene rings is 2. The number of fused-ring (bicyclic) bond motifs is 1. The van der Waals surface area contributed by atoms with E-state index in [1.807, 2.05) is 31.2 Å². The standard InChI is InChI=1S/C22H20N4O3/c1-12-5-3-4-6-17(12)26-19(29)10-15-20(16(23)11-27)24-21(25-22(15)26)14-8-7-13(2)18(28)9-14/h3-9,23,27-28H,10-11H2,1-2H3. The molecule has 1 aliphatic heterocycles. The molecule has 1 aromatic heterocycles. The molecule has 29 heavy (non-hydrogen) atoms. The molecule has 1 amide bonds. The van der Waals surface area contributed by atoms with Gasteiger partial charge in [-0.1, -0.05) is 30.3 Å². The number of anilines is 2. The summed E-state index contributed by atoms with van der Waals surface area (Å²) in [7, 11) is 0. The smallest absolute Gasteiger partial charge is 0.237 e. The van der Waals surface area contributed by atoms with Crippen LogP contribution < -0.4 is 4.90 Å². The van der Waals surface area contributed by atoms with Crippen LogP contribution in [0.15, 0.2) is 42.5 Å². The summed E-state index contributed by atoms with van der Waals surface area (Å²) in [4.78, 5) is 23.5. The van der Waals surface area contributed by atoms with E-state index in [0.717, 1.165) is 11.1 Å². The molecule has 0 saturated carbocycles. The van der Waals surface area contributed by atoms with Crippen molar-refractivity contribution in [3.63, 3.8) is 0 Å². The number of phenolic OH excluding ortho intramolecular Hbond substituents is 1. The van der Waals surface area contributed by atoms with E-state index in [-0.39, 0.29) is 35.3 Å². The Bertz CT molecular complexity index is 1160. The van der Waals surface area contributed by atoms with Gasteiger partial charge in [0.25, 0.3) is 0 Å². The molecular weight excluding hydrogens is 368 g/mol. The van der Waals surface area contributed by atoms with Crippen molar-refractivity contribution in [2.45, 2.75) is 20.3 Å². The first kappa shape index (κ1) is 18.8. The second kappa shape index (κ2) is 7.10. The number of aromatic hydroxyl groups is 1. The predicted octanol–water partition coefficient (Wildman–Crippen LogP) is 3.05. The number of aliphatic hydroxyl groups is 1. The van der Waals surface area contributed by atoms with Gasteiger partial charge in [0.2, 0.25) is 5.91 Å². The van der Waals surface area contributed by atoms with Crippen LogP contribution in [0.5, 0.6) is 5.75 Å². The fraction of sp³-hybridized carbons (Fsp3) is 0.182. The van der Waals surface area contributed by atoms with Crippen LogP contribution >= 0.6 is 0 Å². The van der Waals surface area contributed by atoms with Crippen molar-refractivity contribution < 1.29 is 15.0 Å². The molecule has 146 valence electrons. The highest BCUT2D eigenvalue weighted by molar-refractivity contribution is 6.11. The average molecular weight is 388 g/mol. The number of aryl methyl sites for hydroxylation is 2. The molecule has 0 saturated heterocycles. The van der Waals surface area contributed by atoms with Crippen LogP contribution in [0.3, 0.4) is 0 Å². The Morgan fingerprint density at radius 3 is 2.59 bits per heavy atom. The quantitative estimate of drug-likeness (QED) is 0.595. The van der Waals surface area contributed by atoms with Crippen molar-refractivity contribution in [1.82, 2.24) is 9.97 Å². The normalized spacial score (nSPS) is 12.9. The van der Waals surface area contributed by atoms with E-state index in [9.17, 15) is 15.0 Å². The van der Waals surface area contributed by atoms with Gasteiger partial charge in [0.15, 0.2) is 5.82 Å². The molecule has 0 aliphatic carbocycles. The minimum Gasteiger partial charge on any atom is -0.508 e. The minimum absolute atomic E-state index is 0.0564. The lowest BCUT2D eigenvalue weighted by molar-refractivity contribution is -0.116. The zero-order valence-electron chi connectivity index (χ0n) is 16.1. The molecule has 1 aliphatic rings. The van der Waals surface area contributed by atoms with Gasteiger partial charge in [-0.25, -0.2) is 9.97 Å². The van der Waals surface area contributed by atoms with E-state index in [1.165, 1.54) is 4.90 Å². The molecule has 0 bridgehead atoms. The summed E-state index contributed by atoms with van der Waals surface area (Å²) in [6.45, 7) is 3.20. The number of carbonyl (C=O) groups excluding carboxylic acids is 1. The Labute approximate surface area is 167 Å². The third-order valence-corrected chi connectivity index (χ3v) is 5.04. The number of rotatable bonds is 4. The molecule has 0 radical (unpaired) electrons. The first-order chi connectivity index (χ1) is 13.9. The highest BCUT2D eigenvalue weighted by Gasteiger charge is 2.35. The number of carbonyl (C=O) groups is 1. The molecular formula is C22H20N4O3. The Morgan fingerprint density at radius 1 is 1.14 bits per heavy atom.